The van der Waals surface area contributed by atoms with Crippen LogP contribution in [-0.4, -0.2) is 4.57 Å². The lowest BCUT2D eigenvalue weighted by molar-refractivity contribution is 1.18. The molecule has 69 heavy (non-hydrogen) atoms. The van der Waals surface area contributed by atoms with E-state index < -0.39 is 0 Å². The summed E-state index contributed by atoms with van der Waals surface area (Å²) in [6.07, 6.45) is 0. The van der Waals surface area contributed by atoms with Crippen LogP contribution in [0.25, 0.3) is 103 Å². The summed E-state index contributed by atoms with van der Waals surface area (Å²) < 4.78 is 5.10. The minimum atomic E-state index is 1.10. The molecule has 0 saturated carbocycles. The second-order valence-electron chi connectivity index (χ2n) is 17.7. The van der Waals surface area contributed by atoms with E-state index in [-0.39, 0.29) is 0 Å². The summed E-state index contributed by atoms with van der Waals surface area (Å²) in [6, 6.07) is 97.4. The third-order valence-electron chi connectivity index (χ3n) is 13.6. The standard InChI is InChI=1S/C66H44N2S/c1-4-17-45(18-5-1)49-33-38-63(58(42-49)47-19-6-2-7-20-47)68-62-29-14-11-26-56(62)59-43-51(34-39-64(59)68)48-21-16-22-52(41-48)55-25-10-13-28-61(55)67(53-23-8-3-9-24-53)54-36-31-46(32-37-54)50-35-40-66-60(44-50)57-27-12-15-30-65(57)69-66/h1-44H. The summed E-state index contributed by atoms with van der Waals surface area (Å²) in [5.41, 5.74) is 18.7. The molecule has 0 aliphatic heterocycles. The number of nitrogens with zero attached hydrogens (tertiary/aromatic N) is 2. The molecule has 0 aliphatic carbocycles. The van der Waals surface area contributed by atoms with Gasteiger partial charge in [-0.2, -0.15) is 0 Å². The van der Waals surface area contributed by atoms with Gasteiger partial charge in [-0.15, -0.1) is 11.3 Å². The average molecular weight is 897 g/mol. The highest BCUT2D eigenvalue weighted by atomic mass is 32.1. The normalized spacial score (nSPS) is 11.5. The van der Waals surface area contributed by atoms with Gasteiger partial charge in [0.1, 0.15) is 0 Å². The summed E-state index contributed by atoms with van der Waals surface area (Å²) in [4.78, 5) is 2.39. The molecule has 0 amide bonds. The zero-order valence-corrected chi connectivity index (χ0v) is 38.5. The van der Waals surface area contributed by atoms with Crippen LogP contribution in [0, 0.1) is 0 Å². The van der Waals surface area contributed by atoms with Crippen LogP contribution < -0.4 is 4.90 Å². The van der Waals surface area contributed by atoms with Gasteiger partial charge in [-0.05, 0) is 129 Å². The van der Waals surface area contributed by atoms with Crippen LogP contribution in [0.15, 0.2) is 267 Å². The van der Waals surface area contributed by atoms with E-state index in [1.165, 1.54) is 86.5 Å². The number of rotatable bonds is 9. The Morgan fingerprint density at radius 3 is 1.62 bits per heavy atom. The number of para-hydroxylation sites is 3. The fourth-order valence-electron chi connectivity index (χ4n) is 10.3. The highest BCUT2D eigenvalue weighted by molar-refractivity contribution is 7.25. The van der Waals surface area contributed by atoms with Gasteiger partial charge in [0, 0.05) is 53.4 Å². The van der Waals surface area contributed by atoms with Crippen molar-refractivity contribution in [3.63, 3.8) is 0 Å². The zero-order valence-electron chi connectivity index (χ0n) is 37.7. The van der Waals surface area contributed by atoms with Crippen molar-refractivity contribution in [3.8, 4) is 61.3 Å². The number of anilines is 3. The molecule has 0 unspecified atom stereocenters. The van der Waals surface area contributed by atoms with Crippen LogP contribution >= 0.6 is 11.3 Å². The quantitative estimate of drug-likeness (QED) is 0.140. The van der Waals surface area contributed by atoms with Gasteiger partial charge in [-0.3, -0.25) is 0 Å². The lowest BCUT2D eigenvalue weighted by Crippen LogP contribution is -2.11. The highest BCUT2D eigenvalue weighted by Crippen LogP contribution is 2.44. The molecule has 0 spiro atoms. The molecule has 2 nitrogen and oxygen atoms in total. The predicted octanol–water partition coefficient (Wildman–Crippen LogP) is 19.0. The lowest BCUT2D eigenvalue weighted by Gasteiger charge is -2.28. The van der Waals surface area contributed by atoms with Gasteiger partial charge < -0.3 is 9.47 Å². The van der Waals surface area contributed by atoms with Crippen LogP contribution in [0.1, 0.15) is 0 Å². The van der Waals surface area contributed by atoms with Gasteiger partial charge in [0.05, 0.1) is 22.4 Å². The molecular formula is C66H44N2S. The molecule has 324 valence electrons. The van der Waals surface area contributed by atoms with Crippen molar-refractivity contribution in [1.82, 2.24) is 4.57 Å². The number of benzene rings is 11. The van der Waals surface area contributed by atoms with E-state index in [4.69, 9.17) is 0 Å². The van der Waals surface area contributed by atoms with Gasteiger partial charge in [0.25, 0.3) is 0 Å². The molecule has 0 aliphatic rings. The van der Waals surface area contributed by atoms with Crippen molar-refractivity contribution in [2.45, 2.75) is 0 Å². The molecule has 0 saturated heterocycles. The van der Waals surface area contributed by atoms with Crippen molar-refractivity contribution in [3.05, 3.63) is 267 Å². The van der Waals surface area contributed by atoms with Crippen molar-refractivity contribution in [1.29, 1.82) is 0 Å². The Morgan fingerprint density at radius 2 is 0.797 bits per heavy atom. The molecule has 0 atom stereocenters. The first kappa shape index (κ1) is 40.5. The maximum atomic E-state index is 2.45. The predicted molar refractivity (Wildman–Crippen MR) is 296 cm³/mol. The maximum absolute atomic E-state index is 2.45. The molecule has 0 fully saturated rings. The van der Waals surface area contributed by atoms with E-state index in [1.807, 2.05) is 11.3 Å². The summed E-state index contributed by atoms with van der Waals surface area (Å²) in [5.74, 6) is 0. The molecular weight excluding hydrogens is 853 g/mol. The van der Waals surface area contributed by atoms with Crippen molar-refractivity contribution >= 4 is 70.4 Å². The monoisotopic (exact) mass is 896 g/mol. The van der Waals surface area contributed by atoms with E-state index in [1.54, 1.807) is 0 Å². The minimum Gasteiger partial charge on any atom is -0.310 e. The summed E-state index contributed by atoms with van der Waals surface area (Å²) in [6.45, 7) is 0. The smallest absolute Gasteiger partial charge is 0.0541 e. The van der Waals surface area contributed by atoms with Gasteiger partial charge in [0.2, 0.25) is 0 Å². The fraction of sp³-hybridized carbons (Fsp3) is 0. The topological polar surface area (TPSA) is 8.17 Å². The Hall–Kier alpha value is -8.76. The van der Waals surface area contributed by atoms with Gasteiger partial charge in [0.15, 0.2) is 0 Å². The third-order valence-corrected chi connectivity index (χ3v) is 14.8. The van der Waals surface area contributed by atoms with E-state index in [0.717, 1.165) is 33.9 Å². The summed E-state index contributed by atoms with van der Waals surface area (Å²) in [7, 11) is 0. The molecule has 2 heterocycles. The second-order valence-corrected chi connectivity index (χ2v) is 18.8. The molecule has 13 rings (SSSR count). The number of fused-ring (bicyclic) bond motifs is 6. The first-order chi connectivity index (χ1) is 34.2. The minimum absolute atomic E-state index is 1.10. The first-order valence-electron chi connectivity index (χ1n) is 23.6. The van der Waals surface area contributed by atoms with Crippen LogP contribution in [0.5, 0.6) is 0 Å². The largest absolute Gasteiger partial charge is 0.310 e. The van der Waals surface area contributed by atoms with Crippen molar-refractivity contribution < 1.29 is 0 Å². The van der Waals surface area contributed by atoms with E-state index in [9.17, 15) is 0 Å². The van der Waals surface area contributed by atoms with Gasteiger partial charge in [-0.1, -0.05) is 182 Å². The van der Waals surface area contributed by atoms with Crippen LogP contribution in [-0.2, 0) is 0 Å². The Bertz CT molecular complexity index is 4000. The molecule has 0 bridgehead atoms. The van der Waals surface area contributed by atoms with Gasteiger partial charge in [-0.25, -0.2) is 0 Å². The van der Waals surface area contributed by atoms with Crippen molar-refractivity contribution in [2.24, 2.45) is 0 Å². The summed E-state index contributed by atoms with van der Waals surface area (Å²) in [5, 5.41) is 5.08. The van der Waals surface area contributed by atoms with Gasteiger partial charge >= 0.3 is 0 Å². The first-order valence-corrected chi connectivity index (χ1v) is 24.4. The Labute approximate surface area is 405 Å². The highest BCUT2D eigenvalue weighted by Gasteiger charge is 2.20. The molecule has 3 heteroatoms. The number of aromatic nitrogens is 1. The van der Waals surface area contributed by atoms with E-state index >= 15 is 0 Å². The average Bonchev–Trinajstić information content (AvgIpc) is 3.97. The Kier molecular flexibility index (Phi) is 10.1. The number of hydrogen-bond donors (Lipinski definition) is 0. The van der Waals surface area contributed by atoms with Crippen LogP contribution in [0.2, 0.25) is 0 Å². The van der Waals surface area contributed by atoms with Crippen LogP contribution in [0.3, 0.4) is 0 Å². The second kappa shape index (κ2) is 17.2. The number of hydrogen-bond acceptors (Lipinski definition) is 2. The SMILES string of the molecule is c1ccc(-c2ccc(-n3c4ccccc4c4cc(-c5cccc(-c6ccccc6N(c6ccccc6)c6ccc(-c7ccc8sc9ccccc9c8c7)cc6)c5)ccc43)c(-c3ccccc3)c2)cc1. The maximum Gasteiger partial charge on any atom is 0.0541 e. The lowest BCUT2D eigenvalue weighted by atomic mass is 9.96. The number of thiophene rings is 1. The van der Waals surface area contributed by atoms with Crippen molar-refractivity contribution in [2.75, 3.05) is 4.90 Å². The van der Waals surface area contributed by atoms with E-state index in [0.29, 0.717) is 0 Å². The van der Waals surface area contributed by atoms with Crippen LogP contribution in [0.4, 0.5) is 17.1 Å². The third kappa shape index (κ3) is 7.28. The Morgan fingerprint density at radius 1 is 0.275 bits per heavy atom. The molecule has 0 N–H and O–H groups in total. The Balaban J connectivity index is 0.890. The fourth-order valence-corrected chi connectivity index (χ4v) is 11.4. The molecule has 2 aromatic heterocycles. The molecule has 0 radical (unpaired) electrons. The molecule has 11 aromatic carbocycles. The van der Waals surface area contributed by atoms with E-state index in [2.05, 4.69) is 276 Å². The zero-order chi connectivity index (χ0) is 45.7. The molecule has 13 aromatic rings. The summed E-state index contributed by atoms with van der Waals surface area (Å²) >= 11 is 1.86.